The molecular formula is C15H21BrN2O. The molecule has 0 aliphatic heterocycles. The van der Waals surface area contributed by atoms with Crippen molar-refractivity contribution < 1.29 is 4.79 Å². The van der Waals surface area contributed by atoms with Gasteiger partial charge in [0, 0.05) is 16.2 Å². The minimum Gasteiger partial charge on any atom is -0.376 e. The average molecular weight is 325 g/mol. The molecule has 1 aromatic rings. The molecule has 19 heavy (non-hydrogen) atoms. The molecule has 0 atom stereocenters. The number of anilines is 1. The van der Waals surface area contributed by atoms with Crippen molar-refractivity contribution in [2.75, 3.05) is 11.9 Å². The highest BCUT2D eigenvalue weighted by Crippen LogP contribution is 2.23. The van der Waals surface area contributed by atoms with E-state index in [1.54, 1.807) is 0 Å². The van der Waals surface area contributed by atoms with Gasteiger partial charge in [-0.1, -0.05) is 28.9 Å². The number of nitrogens with one attached hydrogen (secondary N) is 2. The van der Waals surface area contributed by atoms with Crippen LogP contribution >= 0.6 is 15.9 Å². The van der Waals surface area contributed by atoms with E-state index in [1.807, 2.05) is 24.3 Å². The third kappa shape index (κ3) is 4.86. The summed E-state index contributed by atoms with van der Waals surface area (Å²) in [5.41, 5.74) is 0.960. The fourth-order valence-corrected chi connectivity index (χ4v) is 2.86. The number of amides is 1. The second kappa shape index (κ2) is 6.94. The van der Waals surface area contributed by atoms with Crippen molar-refractivity contribution in [3.05, 3.63) is 28.7 Å². The van der Waals surface area contributed by atoms with Gasteiger partial charge in [-0.2, -0.15) is 0 Å². The van der Waals surface area contributed by atoms with E-state index in [9.17, 15) is 4.79 Å². The summed E-state index contributed by atoms with van der Waals surface area (Å²) in [5, 5.41) is 6.25. The first-order valence-electron chi connectivity index (χ1n) is 6.92. The number of halogens is 1. The maximum Gasteiger partial charge on any atom is 0.239 e. The molecule has 0 unspecified atom stereocenters. The van der Waals surface area contributed by atoms with Gasteiger partial charge in [-0.05, 0) is 49.8 Å². The van der Waals surface area contributed by atoms with Crippen LogP contribution in [0.2, 0.25) is 0 Å². The standard InChI is InChI=1S/C15H21BrN2O/c1-11-5-7-13(8-6-11)18-15(19)10-17-14-4-2-3-12(16)9-14/h2-4,9,11,13,17H,5-8,10H2,1H3,(H,18,19). The fraction of sp³-hybridized carbons (Fsp3) is 0.533. The molecule has 0 bridgehead atoms. The SMILES string of the molecule is CC1CCC(NC(=O)CNc2cccc(Br)c2)CC1. The van der Waals surface area contributed by atoms with E-state index >= 15 is 0 Å². The second-order valence-corrected chi connectivity index (χ2v) is 6.30. The minimum atomic E-state index is 0.0829. The molecule has 0 aromatic heterocycles. The van der Waals surface area contributed by atoms with Crippen LogP contribution in [0, 0.1) is 5.92 Å². The van der Waals surface area contributed by atoms with Gasteiger partial charge in [0.1, 0.15) is 0 Å². The maximum atomic E-state index is 11.9. The number of carbonyl (C=O) groups is 1. The van der Waals surface area contributed by atoms with Crippen molar-refractivity contribution in [1.29, 1.82) is 0 Å². The second-order valence-electron chi connectivity index (χ2n) is 5.39. The van der Waals surface area contributed by atoms with Crippen LogP contribution in [0.5, 0.6) is 0 Å². The maximum absolute atomic E-state index is 11.9. The third-order valence-corrected chi connectivity index (χ3v) is 4.15. The molecular weight excluding hydrogens is 304 g/mol. The number of benzene rings is 1. The van der Waals surface area contributed by atoms with E-state index in [-0.39, 0.29) is 5.91 Å². The summed E-state index contributed by atoms with van der Waals surface area (Å²) in [6.07, 6.45) is 4.68. The Morgan fingerprint density at radius 1 is 1.32 bits per heavy atom. The Kier molecular flexibility index (Phi) is 5.25. The van der Waals surface area contributed by atoms with Gasteiger partial charge < -0.3 is 10.6 Å². The summed E-state index contributed by atoms with van der Waals surface area (Å²) in [6.45, 7) is 2.62. The van der Waals surface area contributed by atoms with E-state index < -0.39 is 0 Å². The Balaban J connectivity index is 1.73. The highest BCUT2D eigenvalue weighted by atomic mass is 79.9. The molecule has 0 saturated heterocycles. The van der Waals surface area contributed by atoms with Gasteiger partial charge in [-0.3, -0.25) is 4.79 Å². The first-order chi connectivity index (χ1) is 9.13. The molecule has 2 N–H and O–H groups in total. The lowest BCUT2D eigenvalue weighted by Gasteiger charge is -2.27. The lowest BCUT2D eigenvalue weighted by Crippen LogP contribution is -2.40. The summed E-state index contributed by atoms with van der Waals surface area (Å²) in [6, 6.07) is 8.21. The van der Waals surface area contributed by atoms with Crippen LogP contribution in [0.15, 0.2) is 28.7 Å². The molecule has 0 radical (unpaired) electrons. The van der Waals surface area contributed by atoms with Crippen LogP contribution in [0.25, 0.3) is 0 Å². The number of carbonyl (C=O) groups excluding carboxylic acids is 1. The highest BCUT2D eigenvalue weighted by molar-refractivity contribution is 9.10. The molecule has 0 spiro atoms. The summed E-state index contributed by atoms with van der Waals surface area (Å²) in [7, 11) is 0. The summed E-state index contributed by atoms with van der Waals surface area (Å²) >= 11 is 3.41. The van der Waals surface area contributed by atoms with E-state index in [0.717, 1.165) is 28.9 Å². The monoisotopic (exact) mass is 324 g/mol. The van der Waals surface area contributed by atoms with Gasteiger partial charge in [0.25, 0.3) is 0 Å². The molecule has 1 aromatic carbocycles. The highest BCUT2D eigenvalue weighted by Gasteiger charge is 2.19. The molecule has 1 aliphatic carbocycles. The van der Waals surface area contributed by atoms with Crippen molar-refractivity contribution in [1.82, 2.24) is 5.32 Å². The molecule has 1 fully saturated rings. The smallest absolute Gasteiger partial charge is 0.239 e. The molecule has 1 saturated carbocycles. The van der Waals surface area contributed by atoms with Crippen LogP contribution in [-0.2, 0) is 4.79 Å². The van der Waals surface area contributed by atoms with Crippen molar-refractivity contribution >= 4 is 27.5 Å². The van der Waals surface area contributed by atoms with Crippen LogP contribution in [0.3, 0.4) is 0 Å². The molecule has 0 heterocycles. The Bertz CT molecular complexity index is 428. The lowest BCUT2D eigenvalue weighted by atomic mass is 9.87. The summed E-state index contributed by atoms with van der Waals surface area (Å²) < 4.78 is 1.01. The summed E-state index contributed by atoms with van der Waals surface area (Å²) in [5.74, 6) is 0.896. The fourth-order valence-electron chi connectivity index (χ4n) is 2.46. The van der Waals surface area contributed by atoms with Gasteiger partial charge in [-0.15, -0.1) is 0 Å². The predicted molar refractivity (Wildman–Crippen MR) is 82.2 cm³/mol. The zero-order chi connectivity index (χ0) is 13.7. The average Bonchev–Trinajstić information content (AvgIpc) is 2.39. The quantitative estimate of drug-likeness (QED) is 0.889. The predicted octanol–water partition coefficient (Wildman–Crippen LogP) is 3.56. The molecule has 3 nitrogen and oxygen atoms in total. The zero-order valence-electron chi connectivity index (χ0n) is 11.3. The van der Waals surface area contributed by atoms with Crippen LogP contribution < -0.4 is 10.6 Å². The van der Waals surface area contributed by atoms with Crippen molar-refractivity contribution in [3.8, 4) is 0 Å². The van der Waals surface area contributed by atoms with Gasteiger partial charge >= 0.3 is 0 Å². The van der Waals surface area contributed by atoms with E-state index in [0.29, 0.717) is 12.6 Å². The lowest BCUT2D eigenvalue weighted by molar-refractivity contribution is -0.120. The Hall–Kier alpha value is -1.03. The first kappa shape index (κ1) is 14.4. The minimum absolute atomic E-state index is 0.0829. The van der Waals surface area contributed by atoms with Crippen LogP contribution in [0.1, 0.15) is 32.6 Å². The number of hydrogen-bond donors (Lipinski definition) is 2. The van der Waals surface area contributed by atoms with Crippen molar-refractivity contribution in [2.24, 2.45) is 5.92 Å². The Morgan fingerprint density at radius 2 is 2.05 bits per heavy atom. The third-order valence-electron chi connectivity index (χ3n) is 3.66. The Labute approximate surface area is 123 Å². The summed E-state index contributed by atoms with van der Waals surface area (Å²) in [4.78, 5) is 11.9. The number of hydrogen-bond acceptors (Lipinski definition) is 2. The topological polar surface area (TPSA) is 41.1 Å². The van der Waals surface area contributed by atoms with E-state index in [4.69, 9.17) is 0 Å². The van der Waals surface area contributed by atoms with Gasteiger partial charge in [-0.25, -0.2) is 0 Å². The van der Waals surface area contributed by atoms with Crippen molar-refractivity contribution in [3.63, 3.8) is 0 Å². The normalized spacial score (nSPS) is 22.8. The van der Waals surface area contributed by atoms with Crippen molar-refractivity contribution in [2.45, 2.75) is 38.6 Å². The first-order valence-corrected chi connectivity index (χ1v) is 7.71. The Morgan fingerprint density at radius 3 is 2.74 bits per heavy atom. The molecule has 1 amide bonds. The van der Waals surface area contributed by atoms with Gasteiger partial charge in [0.15, 0.2) is 0 Å². The zero-order valence-corrected chi connectivity index (χ0v) is 12.9. The molecule has 4 heteroatoms. The van der Waals surface area contributed by atoms with E-state index in [1.165, 1.54) is 12.8 Å². The van der Waals surface area contributed by atoms with Gasteiger partial charge in [0.2, 0.25) is 5.91 Å². The molecule has 2 rings (SSSR count). The van der Waals surface area contributed by atoms with Gasteiger partial charge in [0.05, 0.1) is 6.54 Å². The molecule has 104 valence electrons. The van der Waals surface area contributed by atoms with Crippen LogP contribution in [0.4, 0.5) is 5.69 Å². The van der Waals surface area contributed by atoms with E-state index in [2.05, 4.69) is 33.5 Å². The largest absolute Gasteiger partial charge is 0.376 e. The number of rotatable bonds is 4. The molecule has 1 aliphatic rings. The van der Waals surface area contributed by atoms with Crippen LogP contribution in [-0.4, -0.2) is 18.5 Å².